The summed E-state index contributed by atoms with van der Waals surface area (Å²) >= 11 is 0. The zero-order valence-corrected chi connectivity index (χ0v) is 15.8. The van der Waals surface area contributed by atoms with Gasteiger partial charge in [-0.05, 0) is 47.4 Å². The van der Waals surface area contributed by atoms with Crippen molar-refractivity contribution in [2.45, 2.75) is 26.2 Å². The van der Waals surface area contributed by atoms with Gasteiger partial charge in [0.05, 0.1) is 12.2 Å². The Hall–Kier alpha value is -3.14. The average Bonchev–Trinajstić information content (AvgIpc) is 2.72. The minimum Gasteiger partial charge on any atom is -0.494 e. The van der Waals surface area contributed by atoms with Crippen LogP contribution in [0.15, 0.2) is 66.7 Å². The van der Waals surface area contributed by atoms with Gasteiger partial charge >= 0.3 is 5.97 Å². The molecule has 0 aliphatic carbocycles. The van der Waals surface area contributed by atoms with Gasteiger partial charge in [0.2, 0.25) is 0 Å². The van der Waals surface area contributed by atoms with E-state index in [0.717, 1.165) is 36.0 Å². The summed E-state index contributed by atoms with van der Waals surface area (Å²) in [5.41, 5.74) is 3.09. The van der Waals surface area contributed by atoms with E-state index >= 15 is 0 Å². The van der Waals surface area contributed by atoms with E-state index in [9.17, 15) is 9.18 Å². The number of aromatic carboxylic acids is 1. The summed E-state index contributed by atoms with van der Waals surface area (Å²) in [5, 5.41) is 8.95. The van der Waals surface area contributed by atoms with Crippen molar-refractivity contribution in [3.8, 4) is 28.0 Å². The zero-order valence-electron chi connectivity index (χ0n) is 15.8. The molecule has 3 rings (SSSR count). The summed E-state index contributed by atoms with van der Waals surface area (Å²) in [6.07, 6.45) is 3.40. The molecule has 1 N–H and O–H groups in total. The van der Waals surface area contributed by atoms with Gasteiger partial charge in [-0.2, -0.15) is 0 Å². The Balaban J connectivity index is 1.71. The molecule has 0 saturated carbocycles. The summed E-state index contributed by atoms with van der Waals surface area (Å²) in [6, 6.07) is 19.4. The lowest BCUT2D eigenvalue weighted by Gasteiger charge is -2.09. The second-order valence-electron chi connectivity index (χ2n) is 6.66. The van der Waals surface area contributed by atoms with E-state index in [2.05, 4.69) is 6.92 Å². The molecular weight excluding hydrogens is 355 g/mol. The molecule has 4 heteroatoms. The highest BCUT2D eigenvalue weighted by Crippen LogP contribution is 2.28. The lowest BCUT2D eigenvalue weighted by Crippen LogP contribution is -1.97. The molecule has 3 aromatic rings. The van der Waals surface area contributed by atoms with Crippen LogP contribution in [0.4, 0.5) is 4.39 Å². The number of rotatable bonds is 8. The van der Waals surface area contributed by atoms with E-state index in [0.29, 0.717) is 11.1 Å². The molecule has 0 heterocycles. The minimum absolute atomic E-state index is 0.0603. The predicted molar refractivity (Wildman–Crippen MR) is 109 cm³/mol. The van der Waals surface area contributed by atoms with Gasteiger partial charge in [0.15, 0.2) is 0 Å². The Bertz CT molecular complexity index is 931. The highest BCUT2D eigenvalue weighted by atomic mass is 19.1. The van der Waals surface area contributed by atoms with Crippen LogP contribution >= 0.6 is 0 Å². The second-order valence-corrected chi connectivity index (χ2v) is 6.66. The van der Waals surface area contributed by atoms with Crippen LogP contribution in [0.2, 0.25) is 0 Å². The molecule has 0 unspecified atom stereocenters. The predicted octanol–water partition coefficient (Wildman–Crippen LogP) is 6.43. The van der Waals surface area contributed by atoms with E-state index < -0.39 is 11.8 Å². The normalized spacial score (nSPS) is 10.6. The number of carboxylic acids is 1. The van der Waals surface area contributed by atoms with Crippen molar-refractivity contribution < 1.29 is 19.0 Å². The maximum absolute atomic E-state index is 14.2. The molecule has 0 bridgehead atoms. The number of halogens is 1. The van der Waals surface area contributed by atoms with Gasteiger partial charge in [-0.25, -0.2) is 9.18 Å². The standard InChI is InChI=1S/C24H23FO3/c1-2-3-4-15-28-21-12-9-18(10-13-21)17-5-7-19(8-6-17)22-14-11-20(24(26)27)16-23(22)25/h5-14,16H,2-4,15H2,1H3,(H,26,27). The quantitative estimate of drug-likeness (QED) is 0.460. The molecule has 0 saturated heterocycles. The lowest BCUT2D eigenvalue weighted by molar-refractivity contribution is 0.0696. The van der Waals surface area contributed by atoms with Crippen LogP contribution in [0.5, 0.6) is 5.75 Å². The Kier molecular flexibility index (Phi) is 6.43. The second kappa shape index (κ2) is 9.18. The van der Waals surface area contributed by atoms with Gasteiger partial charge in [-0.3, -0.25) is 0 Å². The molecule has 0 atom stereocenters. The molecule has 28 heavy (non-hydrogen) atoms. The van der Waals surface area contributed by atoms with Crippen molar-refractivity contribution in [2.24, 2.45) is 0 Å². The third-order valence-electron chi connectivity index (χ3n) is 4.62. The fraction of sp³-hybridized carbons (Fsp3) is 0.208. The van der Waals surface area contributed by atoms with Crippen LogP contribution in [0.3, 0.4) is 0 Å². The summed E-state index contributed by atoms with van der Waals surface area (Å²) in [5.74, 6) is -0.826. The first-order chi connectivity index (χ1) is 13.6. The van der Waals surface area contributed by atoms with E-state index in [1.54, 1.807) is 0 Å². The molecular formula is C24H23FO3. The van der Waals surface area contributed by atoms with Gasteiger partial charge in [0.1, 0.15) is 11.6 Å². The third kappa shape index (κ3) is 4.77. The first-order valence-corrected chi connectivity index (χ1v) is 9.45. The van der Waals surface area contributed by atoms with Crippen molar-refractivity contribution in [1.29, 1.82) is 0 Å². The highest BCUT2D eigenvalue weighted by molar-refractivity contribution is 5.88. The molecule has 0 fully saturated rings. The van der Waals surface area contributed by atoms with Crippen molar-refractivity contribution in [1.82, 2.24) is 0 Å². The number of carbonyl (C=O) groups is 1. The Morgan fingerprint density at radius 3 is 2.07 bits per heavy atom. The average molecular weight is 378 g/mol. The van der Waals surface area contributed by atoms with Crippen LogP contribution in [0.25, 0.3) is 22.3 Å². The van der Waals surface area contributed by atoms with Gasteiger partial charge in [-0.15, -0.1) is 0 Å². The molecule has 3 aromatic carbocycles. The van der Waals surface area contributed by atoms with Crippen LogP contribution in [0.1, 0.15) is 36.5 Å². The zero-order chi connectivity index (χ0) is 19.9. The van der Waals surface area contributed by atoms with E-state index in [1.807, 2.05) is 48.5 Å². The number of carboxylic acid groups (broad SMARTS) is 1. The summed E-state index contributed by atoms with van der Waals surface area (Å²) in [7, 11) is 0. The Morgan fingerprint density at radius 2 is 1.50 bits per heavy atom. The fourth-order valence-electron chi connectivity index (χ4n) is 3.01. The minimum atomic E-state index is -1.14. The Labute approximate surface area is 164 Å². The fourth-order valence-corrected chi connectivity index (χ4v) is 3.01. The largest absolute Gasteiger partial charge is 0.494 e. The van der Waals surface area contributed by atoms with Crippen LogP contribution < -0.4 is 4.74 Å². The first-order valence-electron chi connectivity index (χ1n) is 9.45. The van der Waals surface area contributed by atoms with Crippen molar-refractivity contribution in [3.05, 3.63) is 78.1 Å². The van der Waals surface area contributed by atoms with Crippen molar-refractivity contribution in [3.63, 3.8) is 0 Å². The van der Waals surface area contributed by atoms with Gasteiger partial charge in [-0.1, -0.05) is 62.2 Å². The smallest absolute Gasteiger partial charge is 0.335 e. The number of hydrogen-bond donors (Lipinski definition) is 1. The summed E-state index contributed by atoms with van der Waals surface area (Å²) < 4.78 is 20.0. The monoisotopic (exact) mass is 378 g/mol. The van der Waals surface area contributed by atoms with E-state index in [4.69, 9.17) is 9.84 Å². The third-order valence-corrected chi connectivity index (χ3v) is 4.62. The molecule has 0 radical (unpaired) electrons. The number of ether oxygens (including phenoxy) is 1. The van der Waals surface area contributed by atoms with Crippen molar-refractivity contribution in [2.75, 3.05) is 6.61 Å². The van der Waals surface area contributed by atoms with E-state index in [-0.39, 0.29) is 5.56 Å². The Morgan fingerprint density at radius 1 is 0.893 bits per heavy atom. The number of hydrogen-bond acceptors (Lipinski definition) is 2. The van der Waals surface area contributed by atoms with E-state index in [1.165, 1.54) is 25.0 Å². The van der Waals surface area contributed by atoms with Gasteiger partial charge in [0, 0.05) is 5.56 Å². The lowest BCUT2D eigenvalue weighted by atomic mass is 9.99. The summed E-state index contributed by atoms with van der Waals surface area (Å²) in [4.78, 5) is 10.9. The van der Waals surface area contributed by atoms with Gasteiger partial charge < -0.3 is 9.84 Å². The van der Waals surface area contributed by atoms with Crippen LogP contribution in [0, 0.1) is 5.82 Å². The van der Waals surface area contributed by atoms with Crippen LogP contribution in [-0.2, 0) is 0 Å². The molecule has 0 aliphatic heterocycles. The van der Waals surface area contributed by atoms with Crippen LogP contribution in [-0.4, -0.2) is 17.7 Å². The number of unbranched alkanes of at least 4 members (excludes halogenated alkanes) is 2. The SMILES string of the molecule is CCCCCOc1ccc(-c2ccc(-c3ccc(C(=O)O)cc3F)cc2)cc1. The molecule has 0 aliphatic rings. The van der Waals surface area contributed by atoms with Gasteiger partial charge in [0.25, 0.3) is 0 Å². The summed E-state index contributed by atoms with van der Waals surface area (Å²) in [6.45, 7) is 2.90. The molecule has 0 aromatic heterocycles. The molecule has 0 amide bonds. The highest BCUT2D eigenvalue weighted by Gasteiger charge is 2.10. The first kappa shape index (κ1) is 19.6. The topological polar surface area (TPSA) is 46.5 Å². The molecule has 144 valence electrons. The maximum atomic E-state index is 14.2. The maximum Gasteiger partial charge on any atom is 0.335 e. The van der Waals surface area contributed by atoms with Crippen molar-refractivity contribution >= 4 is 5.97 Å². The number of benzene rings is 3. The molecule has 3 nitrogen and oxygen atoms in total. The molecule has 0 spiro atoms.